The lowest BCUT2D eigenvalue weighted by atomic mass is 9.83. The fourth-order valence-electron chi connectivity index (χ4n) is 4.63. The highest BCUT2D eigenvalue weighted by Crippen LogP contribution is 2.47. The monoisotopic (exact) mass is 421 g/mol. The van der Waals surface area contributed by atoms with Crippen molar-refractivity contribution < 1.29 is 19.3 Å². The fourth-order valence-corrected chi connectivity index (χ4v) is 4.63. The molecule has 1 atom stereocenters. The molecule has 0 amide bonds. The number of rotatable bonds is 1. The zero-order chi connectivity index (χ0) is 21.5. The molecule has 3 aliphatic heterocycles. The predicted octanol–water partition coefficient (Wildman–Crippen LogP) is 1.94. The summed E-state index contributed by atoms with van der Waals surface area (Å²) in [7, 11) is 0. The molecule has 9 heteroatoms. The molecule has 0 fully saturated rings. The topological polar surface area (TPSA) is 96.9 Å². The minimum absolute atomic E-state index is 0.0699. The van der Waals surface area contributed by atoms with Crippen LogP contribution in [0.5, 0.6) is 23.0 Å². The Labute approximate surface area is 175 Å². The number of fused-ring (bicyclic) bond motifs is 6. The summed E-state index contributed by atoms with van der Waals surface area (Å²) in [6, 6.07) is 9.26. The second-order valence-corrected chi connectivity index (χ2v) is 8.26. The summed E-state index contributed by atoms with van der Waals surface area (Å²) in [5.74, 6) is 1.62. The number of phenolic OH excluding ortho intramolecular Hbond substituents is 1. The van der Waals surface area contributed by atoms with E-state index < -0.39 is 23.0 Å². The average molecular weight is 421 g/mol. The zero-order valence-electron chi connectivity index (χ0n) is 16.9. The van der Waals surface area contributed by atoms with Crippen LogP contribution in [0.1, 0.15) is 25.5 Å². The Bertz CT molecular complexity index is 1410. The lowest BCUT2D eigenvalue weighted by molar-refractivity contribution is 0.113. The maximum atomic E-state index is 13.6. The molecule has 6 rings (SSSR count). The first-order chi connectivity index (χ1) is 14.8. The van der Waals surface area contributed by atoms with Gasteiger partial charge in [-0.3, -0.25) is 0 Å². The molecule has 0 saturated heterocycles. The SMILES string of the molecule is CC1(C)Oc2cc(O)ccc2C2C1=CCn1c(=O)n(-c3ccc4c(c3)OCO4)c(=O)n12. The minimum atomic E-state index is -0.715. The van der Waals surface area contributed by atoms with E-state index in [0.29, 0.717) is 28.5 Å². The second kappa shape index (κ2) is 5.84. The van der Waals surface area contributed by atoms with Crippen molar-refractivity contribution in [1.29, 1.82) is 0 Å². The van der Waals surface area contributed by atoms with Crippen LogP contribution in [0.25, 0.3) is 5.69 Å². The smallest absolute Gasteiger partial charge is 0.352 e. The number of allylic oxidation sites excluding steroid dienone is 1. The molecule has 31 heavy (non-hydrogen) atoms. The summed E-state index contributed by atoms with van der Waals surface area (Å²) in [5.41, 5.74) is 0.386. The molecular weight excluding hydrogens is 402 g/mol. The van der Waals surface area contributed by atoms with Crippen LogP contribution < -0.4 is 25.6 Å². The van der Waals surface area contributed by atoms with E-state index in [1.807, 2.05) is 19.9 Å². The van der Waals surface area contributed by atoms with Gasteiger partial charge in [-0.05, 0) is 43.7 Å². The van der Waals surface area contributed by atoms with Gasteiger partial charge in [0, 0.05) is 17.7 Å². The highest BCUT2D eigenvalue weighted by Gasteiger charge is 2.44. The molecule has 1 aromatic heterocycles. The molecule has 158 valence electrons. The zero-order valence-corrected chi connectivity index (χ0v) is 16.9. The van der Waals surface area contributed by atoms with Gasteiger partial charge in [-0.25, -0.2) is 23.5 Å². The number of benzene rings is 2. The summed E-state index contributed by atoms with van der Waals surface area (Å²) in [6.07, 6.45) is 1.94. The third-order valence-electron chi connectivity index (χ3n) is 6.05. The molecule has 0 saturated carbocycles. The number of aromatic hydroxyl groups is 1. The van der Waals surface area contributed by atoms with Crippen LogP contribution in [-0.2, 0) is 6.54 Å². The maximum Gasteiger partial charge on any atom is 0.352 e. The molecule has 1 unspecified atom stereocenters. The number of phenols is 1. The molecular formula is C22H19N3O6. The fraction of sp³-hybridized carbons (Fsp3) is 0.273. The third kappa shape index (κ3) is 2.37. The Morgan fingerprint density at radius 3 is 2.65 bits per heavy atom. The van der Waals surface area contributed by atoms with Crippen molar-refractivity contribution in [1.82, 2.24) is 13.9 Å². The molecule has 2 aromatic carbocycles. The van der Waals surface area contributed by atoms with Gasteiger partial charge in [-0.15, -0.1) is 0 Å². The Hall–Kier alpha value is -3.88. The Morgan fingerprint density at radius 2 is 1.81 bits per heavy atom. The Balaban J connectivity index is 1.59. The average Bonchev–Trinajstić information content (AvgIpc) is 3.29. The Morgan fingerprint density at radius 1 is 1.00 bits per heavy atom. The van der Waals surface area contributed by atoms with Crippen molar-refractivity contribution in [3.05, 3.63) is 74.6 Å². The van der Waals surface area contributed by atoms with Crippen LogP contribution in [0.4, 0.5) is 0 Å². The van der Waals surface area contributed by atoms with Gasteiger partial charge in [-0.1, -0.05) is 6.08 Å². The van der Waals surface area contributed by atoms with Crippen LogP contribution in [0.3, 0.4) is 0 Å². The van der Waals surface area contributed by atoms with E-state index in [4.69, 9.17) is 14.2 Å². The molecule has 3 aromatic rings. The first-order valence-electron chi connectivity index (χ1n) is 9.92. The van der Waals surface area contributed by atoms with E-state index in [2.05, 4.69) is 0 Å². The molecule has 0 aliphatic carbocycles. The van der Waals surface area contributed by atoms with Crippen LogP contribution in [0.15, 0.2) is 57.6 Å². The van der Waals surface area contributed by atoms with Gasteiger partial charge >= 0.3 is 11.4 Å². The molecule has 3 aliphatic rings. The number of aromatic nitrogens is 3. The largest absolute Gasteiger partial charge is 0.508 e. The minimum Gasteiger partial charge on any atom is -0.508 e. The van der Waals surface area contributed by atoms with Crippen molar-refractivity contribution in [2.45, 2.75) is 32.0 Å². The molecule has 0 radical (unpaired) electrons. The van der Waals surface area contributed by atoms with Crippen LogP contribution in [0.2, 0.25) is 0 Å². The van der Waals surface area contributed by atoms with Gasteiger partial charge in [0.25, 0.3) is 0 Å². The van der Waals surface area contributed by atoms with E-state index in [0.717, 1.165) is 10.1 Å². The van der Waals surface area contributed by atoms with Crippen LogP contribution >= 0.6 is 0 Å². The molecule has 0 bridgehead atoms. The van der Waals surface area contributed by atoms with Crippen molar-refractivity contribution in [2.75, 3.05) is 6.79 Å². The predicted molar refractivity (Wildman–Crippen MR) is 109 cm³/mol. The highest BCUT2D eigenvalue weighted by atomic mass is 16.7. The van der Waals surface area contributed by atoms with E-state index in [1.165, 1.54) is 15.4 Å². The van der Waals surface area contributed by atoms with E-state index >= 15 is 0 Å². The van der Waals surface area contributed by atoms with Crippen LogP contribution in [0, 0.1) is 0 Å². The van der Waals surface area contributed by atoms with Gasteiger partial charge in [0.1, 0.15) is 23.1 Å². The molecule has 1 N–H and O–H groups in total. The summed E-state index contributed by atoms with van der Waals surface area (Å²) >= 11 is 0. The first kappa shape index (κ1) is 17.9. The lowest BCUT2D eigenvalue weighted by Gasteiger charge is -2.42. The van der Waals surface area contributed by atoms with E-state index in [1.54, 1.807) is 30.3 Å². The number of nitrogens with zero attached hydrogens (tertiary/aromatic N) is 3. The molecule has 0 spiro atoms. The maximum absolute atomic E-state index is 13.6. The van der Waals surface area contributed by atoms with Crippen LogP contribution in [-0.4, -0.2) is 31.4 Å². The summed E-state index contributed by atoms with van der Waals surface area (Å²) in [5, 5.41) is 9.93. The van der Waals surface area contributed by atoms with Gasteiger partial charge in [0.15, 0.2) is 11.5 Å². The third-order valence-corrected chi connectivity index (χ3v) is 6.05. The van der Waals surface area contributed by atoms with E-state index in [9.17, 15) is 14.7 Å². The van der Waals surface area contributed by atoms with E-state index in [-0.39, 0.29) is 19.1 Å². The highest BCUT2D eigenvalue weighted by molar-refractivity contribution is 5.52. The number of hydrogen-bond acceptors (Lipinski definition) is 6. The quantitative estimate of drug-likeness (QED) is 0.603. The van der Waals surface area contributed by atoms with Gasteiger partial charge in [-0.2, -0.15) is 0 Å². The molecule has 4 heterocycles. The lowest BCUT2D eigenvalue weighted by Crippen LogP contribution is -2.46. The number of hydrogen-bond donors (Lipinski definition) is 1. The van der Waals surface area contributed by atoms with Gasteiger partial charge < -0.3 is 19.3 Å². The van der Waals surface area contributed by atoms with Crippen molar-refractivity contribution in [3.8, 4) is 28.7 Å². The van der Waals surface area contributed by atoms with Crippen molar-refractivity contribution in [2.24, 2.45) is 0 Å². The van der Waals surface area contributed by atoms with Crippen molar-refractivity contribution in [3.63, 3.8) is 0 Å². The second-order valence-electron chi connectivity index (χ2n) is 8.26. The molecule has 9 nitrogen and oxygen atoms in total. The van der Waals surface area contributed by atoms with Crippen molar-refractivity contribution >= 4 is 0 Å². The number of ether oxygens (including phenoxy) is 3. The summed E-state index contributed by atoms with van der Waals surface area (Å²) in [4.78, 5) is 26.9. The van der Waals surface area contributed by atoms with Gasteiger partial charge in [0.2, 0.25) is 6.79 Å². The standard InChI is InChI=1S/C22H19N3O6/c1-22(2)15-7-8-23-20(27)24(12-3-6-16-18(9-12)30-11-29-16)21(28)25(23)19(15)14-5-4-13(26)10-17(14)31-22/h3-7,9-10,19,26H,8,11H2,1-2H3. The Kier molecular flexibility index (Phi) is 3.38. The van der Waals surface area contributed by atoms with Gasteiger partial charge in [0.05, 0.1) is 12.2 Å². The first-order valence-corrected chi connectivity index (χ1v) is 9.92. The summed E-state index contributed by atoms with van der Waals surface area (Å²) in [6.45, 7) is 4.17. The normalized spacial score (nSPS) is 19.7. The summed E-state index contributed by atoms with van der Waals surface area (Å²) < 4.78 is 20.9.